The molecule has 0 aliphatic carbocycles. The zero-order valence-corrected chi connectivity index (χ0v) is 22.8. The summed E-state index contributed by atoms with van der Waals surface area (Å²) in [5.74, 6) is 0. The van der Waals surface area contributed by atoms with Gasteiger partial charge in [0, 0.05) is 16.9 Å². The Labute approximate surface area is 230 Å². The summed E-state index contributed by atoms with van der Waals surface area (Å²) in [7, 11) is 0. The van der Waals surface area contributed by atoms with E-state index in [1.165, 1.54) is 33.4 Å². The van der Waals surface area contributed by atoms with E-state index in [1.807, 2.05) is 0 Å². The van der Waals surface area contributed by atoms with Crippen molar-refractivity contribution < 1.29 is 0 Å². The Balaban J connectivity index is 1.54. The van der Waals surface area contributed by atoms with Gasteiger partial charge in [0.2, 0.25) is 0 Å². The minimum Gasteiger partial charge on any atom is -0.321 e. The molecular formula is C35H34N2S. The summed E-state index contributed by atoms with van der Waals surface area (Å²) in [5.41, 5.74) is 17.9. The molecule has 2 N–H and O–H groups in total. The summed E-state index contributed by atoms with van der Waals surface area (Å²) < 4.78 is 0. The van der Waals surface area contributed by atoms with Crippen LogP contribution in [0.1, 0.15) is 43.7 Å². The SMILES string of the molecule is CCC1(N)CCCCc2ccc(cc2)N(c2ccccc2)c2cc(-c3ccc(-c4ccsc4)cc3)ccc21. The number of nitrogens with two attached hydrogens (primary N) is 1. The second-order valence-electron chi connectivity index (χ2n) is 10.4. The van der Waals surface area contributed by atoms with Crippen LogP contribution in [0.15, 0.2) is 114 Å². The van der Waals surface area contributed by atoms with E-state index in [4.69, 9.17) is 5.73 Å². The maximum Gasteiger partial charge on any atom is 0.0518 e. The molecule has 3 heteroatoms. The van der Waals surface area contributed by atoms with Gasteiger partial charge in [0.25, 0.3) is 0 Å². The smallest absolute Gasteiger partial charge is 0.0518 e. The highest BCUT2D eigenvalue weighted by Crippen LogP contribution is 2.44. The molecule has 0 spiro atoms. The number of hydrogen-bond acceptors (Lipinski definition) is 3. The highest BCUT2D eigenvalue weighted by molar-refractivity contribution is 7.08. The molecule has 1 atom stereocenters. The molecule has 0 saturated carbocycles. The summed E-state index contributed by atoms with van der Waals surface area (Å²) in [6, 6.07) is 37.8. The molecule has 2 aliphatic heterocycles. The number of nitrogens with zero attached hydrogens (tertiary/aromatic N) is 1. The second kappa shape index (κ2) is 10.6. The summed E-state index contributed by atoms with van der Waals surface area (Å²) in [6.45, 7) is 2.23. The lowest BCUT2D eigenvalue weighted by molar-refractivity contribution is 0.378. The van der Waals surface area contributed by atoms with Gasteiger partial charge in [-0.3, -0.25) is 0 Å². The van der Waals surface area contributed by atoms with E-state index in [0.29, 0.717) is 0 Å². The van der Waals surface area contributed by atoms with Gasteiger partial charge in [-0.1, -0.05) is 80.1 Å². The normalized spacial score (nSPS) is 17.5. The van der Waals surface area contributed by atoms with E-state index in [2.05, 4.69) is 126 Å². The lowest BCUT2D eigenvalue weighted by Gasteiger charge is -2.36. The van der Waals surface area contributed by atoms with Crippen molar-refractivity contribution in [1.29, 1.82) is 0 Å². The van der Waals surface area contributed by atoms with Crippen LogP contribution < -0.4 is 10.6 Å². The van der Waals surface area contributed by atoms with Gasteiger partial charge in [-0.2, -0.15) is 11.3 Å². The number of benzene rings is 4. The van der Waals surface area contributed by atoms with Crippen LogP contribution in [0.4, 0.5) is 17.1 Å². The van der Waals surface area contributed by atoms with Gasteiger partial charge >= 0.3 is 0 Å². The van der Waals surface area contributed by atoms with Crippen molar-refractivity contribution in [3.63, 3.8) is 0 Å². The number of hydrogen-bond donors (Lipinski definition) is 1. The first-order valence-electron chi connectivity index (χ1n) is 13.7. The van der Waals surface area contributed by atoms with Crippen LogP contribution in [0.2, 0.25) is 0 Å². The first-order chi connectivity index (χ1) is 18.6. The fourth-order valence-electron chi connectivity index (χ4n) is 5.69. The molecule has 2 aliphatic rings. The van der Waals surface area contributed by atoms with Gasteiger partial charge < -0.3 is 10.6 Å². The lowest BCUT2D eigenvalue weighted by atomic mass is 9.80. The van der Waals surface area contributed by atoms with Crippen LogP contribution in [0.3, 0.4) is 0 Å². The van der Waals surface area contributed by atoms with Crippen LogP contribution >= 0.6 is 11.3 Å². The molecule has 2 bridgehead atoms. The molecule has 190 valence electrons. The molecule has 5 aromatic rings. The predicted octanol–water partition coefficient (Wildman–Crippen LogP) is 9.84. The molecule has 1 aromatic heterocycles. The predicted molar refractivity (Wildman–Crippen MR) is 164 cm³/mol. The molecule has 1 unspecified atom stereocenters. The Morgan fingerprint density at radius 2 is 1.42 bits per heavy atom. The molecule has 0 saturated heterocycles. The standard InChI is InChI=1S/C35H34N2S/c1-2-35(36)22-7-6-8-26-11-18-32(19-12-26)37(31-9-4-3-5-10-31)34-24-29(17-20-33(34)35)27-13-15-28(16-14-27)30-21-23-38-25-30/h3-5,9-21,23-25H,2,6-8,22,36H2,1H3. The monoisotopic (exact) mass is 514 g/mol. The van der Waals surface area contributed by atoms with Gasteiger partial charge in [0.15, 0.2) is 0 Å². The van der Waals surface area contributed by atoms with Crippen LogP contribution in [-0.4, -0.2) is 0 Å². The third kappa shape index (κ3) is 4.80. The molecule has 2 nitrogen and oxygen atoms in total. The van der Waals surface area contributed by atoms with Crippen molar-refractivity contribution in [2.24, 2.45) is 5.73 Å². The number of rotatable bonds is 4. The van der Waals surface area contributed by atoms with Gasteiger partial charge in [-0.05, 0) is 106 Å². The molecular weight excluding hydrogens is 480 g/mol. The topological polar surface area (TPSA) is 29.3 Å². The number of para-hydroxylation sites is 1. The van der Waals surface area contributed by atoms with Crippen molar-refractivity contribution in [3.8, 4) is 22.3 Å². The summed E-state index contributed by atoms with van der Waals surface area (Å²) >= 11 is 1.73. The second-order valence-corrected chi connectivity index (χ2v) is 11.2. The molecule has 7 rings (SSSR count). The molecule has 4 aromatic carbocycles. The van der Waals surface area contributed by atoms with Crippen LogP contribution in [0.5, 0.6) is 0 Å². The molecule has 0 amide bonds. The van der Waals surface area contributed by atoms with Crippen molar-refractivity contribution in [2.45, 2.75) is 44.6 Å². The molecule has 3 heterocycles. The third-order valence-corrected chi connectivity index (χ3v) is 8.71. The van der Waals surface area contributed by atoms with Crippen LogP contribution in [-0.2, 0) is 12.0 Å². The quantitative estimate of drug-likeness (QED) is 0.258. The van der Waals surface area contributed by atoms with E-state index in [9.17, 15) is 0 Å². The van der Waals surface area contributed by atoms with E-state index < -0.39 is 0 Å². The molecule has 0 radical (unpaired) electrons. The highest BCUT2D eigenvalue weighted by atomic mass is 32.1. The molecule has 0 fully saturated rings. The average molecular weight is 515 g/mol. The summed E-state index contributed by atoms with van der Waals surface area (Å²) in [4.78, 5) is 2.39. The van der Waals surface area contributed by atoms with Crippen LogP contribution in [0.25, 0.3) is 22.3 Å². The van der Waals surface area contributed by atoms with Crippen molar-refractivity contribution in [3.05, 3.63) is 125 Å². The number of aryl methyl sites for hydroxylation is 1. The van der Waals surface area contributed by atoms with Crippen molar-refractivity contribution in [2.75, 3.05) is 4.90 Å². The molecule has 38 heavy (non-hydrogen) atoms. The minimum atomic E-state index is -0.388. The van der Waals surface area contributed by atoms with Crippen molar-refractivity contribution >= 4 is 28.4 Å². The summed E-state index contributed by atoms with van der Waals surface area (Å²) in [6.07, 6.45) is 5.24. The van der Waals surface area contributed by atoms with Gasteiger partial charge in [0.05, 0.1) is 5.69 Å². The zero-order valence-electron chi connectivity index (χ0n) is 21.9. The highest BCUT2D eigenvalue weighted by Gasteiger charge is 2.31. The Bertz CT molecular complexity index is 1490. The fourth-order valence-corrected chi connectivity index (χ4v) is 6.35. The average Bonchev–Trinajstić information content (AvgIpc) is 3.51. The fraction of sp³-hybridized carbons (Fsp3) is 0.200. The van der Waals surface area contributed by atoms with E-state index >= 15 is 0 Å². The Morgan fingerprint density at radius 1 is 0.737 bits per heavy atom. The number of fused-ring (bicyclic) bond motifs is 6. The van der Waals surface area contributed by atoms with Gasteiger partial charge in [0.1, 0.15) is 0 Å². The zero-order chi connectivity index (χ0) is 26.0. The minimum absolute atomic E-state index is 0.388. The Hall–Kier alpha value is -3.66. The Morgan fingerprint density at radius 3 is 2.11 bits per heavy atom. The van der Waals surface area contributed by atoms with Crippen LogP contribution in [0, 0.1) is 0 Å². The lowest BCUT2D eigenvalue weighted by Crippen LogP contribution is -2.37. The summed E-state index contributed by atoms with van der Waals surface area (Å²) in [5, 5.41) is 4.33. The first-order valence-corrected chi connectivity index (χ1v) is 14.6. The maximum atomic E-state index is 7.27. The largest absolute Gasteiger partial charge is 0.321 e. The maximum absolute atomic E-state index is 7.27. The van der Waals surface area contributed by atoms with E-state index in [0.717, 1.165) is 49.2 Å². The number of anilines is 3. The van der Waals surface area contributed by atoms with Crippen molar-refractivity contribution in [1.82, 2.24) is 0 Å². The van der Waals surface area contributed by atoms with Gasteiger partial charge in [-0.25, -0.2) is 0 Å². The van der Waals surface area contributed by atoms with Gasteiger partial charge in [-0.15, -0.1) is 0 Å². The Kier molecular flexibility index (Phi) is 6.88. The first kappa shape index (κ1) is 24.7. The third-order valence-electron chi connectivity index (χ3n) is 8.03. The van der Waals surface area contributed by atoms with E-state index in [1.54, 1.807) is 11.3 Å². The number of thiophene rings is 1. The van der Waals surface area contributed by atoms with E-state index in [-0.39, 0.29) is 5.54 Å².